The fourth-order valence-corrected chi connectivity index (χ4v) is 2.46. The van der Waals surface area contributed by atoms with Gasteiger partial charge < -0.3 is 4.90 Å². The third-order valence-electron chi connectivity index (χ3n) is 3.04. The van der Waals surface area contributed by atoms with Crippen LogP contribution in [0.15, 0.2) is 38.8 Å². The summed E-state index contributed by atoms with van der Waals surface area (Å²) in [5.41, 5.74) is 3.67. The number of rotatable bonds is 4. The highest BCUT2D eigenvalue weighted by molar-refractivity contribution is 7.12. The SMILES string of the molecule is C=Nc1cc(N(C)C)ccc1N=Nc1scc(C)[n+]1C. The van der Waals surface area contributed by atoms with Crippen molar-refractivity contribution in [3.63, 3.8) is 0 Å². The van der Waals surface area contributed by atoms with Crippen molar-refractivity contribution in [3.05, 3.63) is 29.3 Å². The highest BCUT2D eigenvalue weighted by atomic mass is 32.1. The molecule has 2 aromatic rings. The van der Waals surface area contributed by atoms with Crippen LogP contribution in [0.5, 0.6) is 0 Å². The van der Waals surface area contributed by atoms with Gasteiger partial charge in [-0.2, -0.15) is 0 Å². The number of anilines is 1. The van der Waals surface area contributed by atoms with Crippen molar-refractivity contribution in [1.29, 1.82) is 0 Å². The molecule has 0 saturated heterocycles. The Morgan fingerprint density at radius 1 is 1.20 bits per heavy atom. The standard InChI is InChI=1S/C14H18N5S/c1-10-9-20-14(19(10)5)17-16-12-7-6-11(18(3)4)8-13(12)15-2/h6-9H,2H2,1,3-5H3/q+1. The van der Waals surface area contributed by atoms with Crippen LogP contribution in [0.1, 0.15) is 5.69 Å². The van der Waals surface area contributed by atoms with Crippen LogP contribution in [0, 0.1) is 6.92 Å². The monoisotopic (exact) mass is 288 g/mol. The maximum atomic E-state index is 4.29. The third kappa shape index (κ3) is 2.91. The van der Waals surface area contributed by atoms with Gasteiger partial charge >= 0.3 is 5.13 Å². The van der Waals surface area contributed by atoms with Crippen LogP contribution in [0.2, 0.25) is 0 Å². The summed E-state index contributed by atoms with van der Waals surface area (Å²) in [7, 11) is 5.94. The van der Waals surface area contributed by atoms with Crippen LogP contribution in [-0.4, -0.2) is 20.8 Å². The largest absolute Gasteiger partial charge is 0.408 e. The number of aliphatic imine (C=N–C) groups is 1. The topological polar surface area (TPSA) is 44.2 Å². The Hall–Kier alpha value is -2.08. The molecule has 1 aromatic carbocycles. The van der Waals surface area contributed by atoms with Gasteiger partial charge in [-0.15, -0.1) is 0 Å². The Labute approximate surface area is 122 Å². The highest BCUT2D eigenvalue weighted by Crippen LogP contribution is 2.32. The molecule has 0 amide bonds. The molecule has 104 valence electrons. The Balaban J connectivity index is 2.34. The normalized spacial score (nSPS) is 11.0. The zero-order valence-corrected chi connectivity index (χ0v) is 13.0. The Morgan fingerprint density at radius 3 is 2.50 bits per heavy atom. The number of hydrogen-bond acceptors (Lipinski definition) is 5. The fourth-order valence-electron chi connectivity index (χ4n) is 1.64. The van der Waals surface area contributed by atoms with E-state index in [1.807, 2.05) is 55.7 Å². The smallest absolute Gasteiger partial charge is 0.378 e. The van der Waals surface area contributed by atoms with E-state index in [-0.39, 0.29) is 0 Å². The van der Waals surface area contributed by atoms with Crippen molar-refractivity contribution in [2.75, 3.05) is 19.0 Å². The molecular formula is C14H18N5S+. The lowest BCUT2D eigenvalue weighted by Gasteiger charge is -2.12. The zero-order valence-electron chi connectivity index (χ0n) is 12.2. The molecule has 0 aliphatic rings. The second kappa shape index (κ2) is 5.92. The van der Waals surface area contributed by atoms with E-state index in [9.17, 15) is 0 Å². The summed E-state index contributed by atoms with van der Waals surface area (Å²) < 4.78 is 2.00. The third-order valence-corrected chi connectivity index (χ3v) is 4.07. The van der Waals surface area contributed by atoms with E-state index in [2.05, 4.69) is 27.3 Å². The quantitative estimate of drug-likeness (QED) is 0.480. The lowest BCUT2D eigenvalue weighted by Crippen LogP contribution is -2.28. The number of aryl methyl sites for hydroxylation is 1. The first-order valence-corrected chi connectivity index (χ1v) is 7.05. The minimum absolute atomic E-state index is 0.719. The van der Waals surface area contributed by atoms with Gasteiger partial charge in [0.05, 0.1) is 17.8 Å². The van der Waals surface area contributed by atoms with Crippen molar-refractivity contribution < 1.29 is 4.57 Å². The van der Waals surface area contributed by atoms with Gasteiger partial charge in [-0.1, -0.05) is 0 Å². The van der Waals surface area contributed by atoms with Crippen LogP contribution in [0.25, 0.3) is 0 Å². The summed E-state index contributed by atoms with van der Waals surface area (Å²) in [6.07, 6.45) is 0. The van der Waals surface area contributed by atoms with Gasteiger partial charge in [-0.25, -0.2) is 4.57 Å². The second-order valence-corrected chi connectivity index (χ2v) is 5.48. The molecule has 2 rings (SSSR count). The van der Waals surface area contributed by atoms with Crippen molar-refractivity contribution in [2.24, 2.45) is 22.3 Å². The molecule has 0 bridgehead atoms. The van der Waals surface area contributed by atoms with Gasteiger partial charge in [0.2, 0.25) is 0 Å². The Morgan fingerprint density at radius 2 is 1.95 bits per heavy atom. The summed E-state index contributed by atoms with van der Waals surface area (Å²) in [5, 5.41) is 11.5. The van der Waals surface area contributed by atoms with E-state index in [0.717, 1.165) is 27.9 Å². The first-order chi connectivity index (χ1) is 9.52. The summed E-state index contributed by atoms with van der Waals surface area (Å²) >= 11 is 1.56. The molecular weight excluding hydrogens is 270 g/mol. The number of thiazole rings is 1. The first kappa shape index (κ1) is 14.3. The summed E-state index contributed by atoms with van der Waals surface area (Å²) in [4.78, 5) is 6.03. The molecule has 0 radical (unpaired) electrons. The summed E-state index contributed by atoms with van der Waals surface area (Å²) in [6, 6.07) is 5.84. The number of benzene rings is 1. The fraction of sp³-hybridized carbons (Fsp3) is 0.286. The molecule has 0 aliphatic heterocycles. The molecule has 5 nitrogen and oxygen atoms in total. The number of azo groups is 1. The van der Waals surface area contributed by atoms with Crippen LogP contribution < -0.4 is 9.47 Å². The van der Waals surface area contributed by atoms with Gasteiger partial charge in [0.1, 0.15) is 11.4 Å². The minimum atomic E-state index is 0.719. The molecule has 1 aromatic heterocycles. The summed E-state index contributed by atoms with van der Waals surface area (Å²) in [5.74, 6) is 0. The van der Waals surface area contributed by atoms with Crippen LogP contribution in [-0.2, 0) is 7.05 Å². The minimum Gasteiger partial charge on any atom is -0.378 e. The van der Waals surface area contributed by atoms with E-state index in [0.29, 0.717) is 0 Å². The molecule has 6 heteroatoms. The van der Waals surface area contributed by atoms with Gasteiger partial charge in [-0.05, 0) is 48.3 Å². The van der Waals surface area contributed by atoms with Crippen molar-refractivity contribution in [1.82, 2.24) is 0 Å². The van der Waals surface area contributed by atoms with Gasteiger partial charge in [0.25, 0.3) is 0 Å². The van der Waals surface area contributed by atoms with Crippen LogP contribution in [0.3, 0.4) is 0 Å². The van der Waals surface area contributed by atoms with Crippen LogP contribution >= 0.6 is 11.3 Å². The van der Waals surface area contributed by atoms with Gasteiger partial charge in [-0.3, -0.25) is 4.99 Å². The lowest BCUT2D eigenvalue weighted by atomic mass is 10.2. The number of hydrogen-bond donors (Lipinski definition) is 0. The molecule has 1 heterocycles. The average molecular weight is 288 g/mol. The number of nitrogens with zero attached hydrogens (tertiary/aromatic N) is 5. The second-order valence-electron chi connectivity index (χ2n) is 4.64. The summed E-state index contributed by atoms with van der Waals surface area (Å²) in [6.45, 7) is 5.64. The van der Waals surface area contributed by atoms with E-state index in [1.54, 1.807) is 11.3 Å². The predicted octanol–water partition coefficient (Wildman–Crippen LogP) is 3.69. The average Bonchev–Trinajstić information content (AvgIpc) is 2.76. The highest BCUT2D eigenvalue weighted by Gasteiger charge is 2.12. The Bertz CT molecular complexity index is 658. The maximum absolute atomic E-state index is 4.29. The van der Waals surface area contributed by atoms with E-state index >= 15 is 0 Å². The van der Waals surface area contributed by atoms with Gasteiger partial charge in [0, 0.05) is 25.2 Å². The van der Waals surface area contributed by atoms with Crippen molar-refractivity contribution >= 4 is 40.2 Å². The van der Waals surface area contributed by atoms with E-state index in [4.69, 9.17) is 0 Å². The van der Waals surface area contributed by atoms with Crippen molar-refractivity contribution in [2.45, 2.75) is 6.92 Å². The van der Waals surface area contributed by atoms with E-state index < -0.39 is 0 Å². The molecule has 0 aliphatic carbocycles. The first-order valence-electron chi connectivity index (χ1n) is 6.17. The lowest BCUT2D eigenvalue weighted by molar-refractivity contribution is -0.660. The Kier molecular flexibility index (Phi) is 4.24. The van der Waals surface area contributed by atoms with Gasteiger partial charge in [0.15, 0.2) is 0 Å². The molecule has 0 spiro atoms. The maximum Gasteiger partial charge on any atom is 0.408 e. The molecule has 0 unspecified atom stereocenters. The molecule has 0 saturated carbocycles. The molecule has 20 heavy (non-hydrogen) atoms. The molecule has 0 fully saturated rings. The molecule has 0 atom stereocenters. The van der Waals surface area contributed by atoms with Crippen molar-refractivity contribution in [3.8, 4) is 0 Å². The van der Waals surface area contributed by atoms with Crippen LogP contribution in [0.4, 0.5) is 22.2 Å². The molecule has 0 N–H and O–H groups in total. The predicted molar refractivity (Wildman–Crippen MR) is 84.4 cm³/mol. The zero-order chi connectivity index (χ0) is 14.7. The van der Waals surface area contributed by atoms with E-state index in [1.165, 1.54) is 0 Å². The number of aromatic nitrogens is 1.